The van der Waals surface area contributed by atoms with Crippen LogP contribution in [0.3, 0.4) is 0 Å². The Kier molecular flexibility index (Phi) is 5.21. The Balaban J connectivity index is 2.03. The van der Waals surface area contributed by atoms with Crippen LogP contribution in [-0.2, 0) is 10.3 Å². The lowest BCUT2D eigenvalue weighted by atomic mass is 9.58. The molecule has 2 aliphatic rings. The highest BCUT2D eigenvalue weighted by molar-refractivity contribution is 6.30. The molecule has 0 bridgehead atoms. The molecular weight excluding hydrogens is 372 g/mol. The van der Waals surface area contributed by atoms with Crippen molar-refractivity contribution in [3.63, 3.8) is 0 Å². The van der Waals surface area contributed by atoms with Crippen molar-refractivity contribution in [1.29, 1.82) is 0 Å². The molecule has 4 nitrogen and oxygen atoms in total. The first-order valence-electron chi connectivity index (χ1n) is 10.0. The van der Waals surface area contributed by atoms with E-state index in [0.717, 1.165) is 43.5 Å². The molecule has 2 N–H and O–H groups in total. The zero-order valence-corrected chi connectivity index (χ0v) is 17.0. The van der Waals surface area contributed by atoms with Crippen molar-refractivity contribution in [2.75, 3.05) is 20.2 Å². The minimum atomic E-state index is -0.813. The third-order valence-corrected chi connectivity index (χ3v) is 6.90. The highest BCUT2D eigenvalue weighted by Crippen LogP contribution is 2.57. The van der Waals surface area contributed by atoms with Gasteiger partial charge >= 0.3 is 0 Å². The summed E-state index contributed by atoms with van der Waals surface area (Å²) in [7, 11) is 1.74. The molecule has 1 heterocycles. The highest BCUT2D eigenvalue weighted by atomic mass is 35.5. The van der Waals surface area contributed by atoms with Crippen molar-refractivity contribution in [2.45, 2.75) is 43.2 Å². The van der Waals surface area contributed by atoms with E-state index in [1.165, 1.54) is 12.8 Å². The molecule has 2 aromatic rings. The van der Waals surface area contributed by atoms with Gasteiger partial charge in [0, 0.05) is 23.3 Å². The van der Waals surface area contributed by atoms with E-state index in [-0.39, 0.29) is 5.54 Å². The van der Waals surface area contributed by atoms with E-state index >= 15 is 0 Å². The van der Waals surface area contributed by atoms with Crippen molar-refractivity contribution in [1.82, 2.24) is 4.90 Å². The van der Waals surface area contributed by atoms with Gasteiger partial charge in [-0.25, -0.2) is 0 Å². The van der Waals surface area contributed by atoms with E-state index in [4.69, 9.17) is 22.1 Å². The van der Waals surface area contributed by atoms with Crippen LogP contribution < -0.4 is 5.73 Å². The van der Waals surface area contributed by atoms with E-state index in [2.05, 4.69) is 17.0 Å². The molecule has 5 heteroatoms. The summed E-state index contributed by atoms with van der Waals surface area (Å²) in [6.07, 6.45) is 5.55. The van der Waals surface area contributed by atoms with Crippen LogP contribution in [0.4, 0.5) is 0 Å². The Labute approximate surface area is 171 Å². The van der Waals surface area contributed by atoms with Gasteiger partial charge in [-0.3, -0.25) is 9.69 Å². The zero-order valence-electron chi connectivity index (χ0n) is 16.3. The number of nitrogens with two attached hydrogens (primary N) is 1. The van der Waals surface area contributed by atoms with Crippen molar-refractivity contribution in [3.05, 3.63) is 70.2 Å². The maximum absolute atomic E-state index is 12.4. The summed E-state index contributed by atoms with van der Waals surface area (Å²) < 4.78 is 6.47. The molecule has 2 fully saturated rings. The van der Waals surface area contributed by atoms with Crippen molar-refractivity contribution < 1.29 is 9.53 Å². The monoisotopic (exact) mass is 398 g/mol. The SMILES string of the molecule is COC(c1ccccc1)(c1cc(Cl)ccc1C(N)=O)C1(N2CCCC2)CCC1. The maximum Gasteiger partial charge on any atom is 0.249 e. The fourth-order valence-electron chi connectivity index (χ4n) is 5.34. The van der Waals surface area contributed by atoms with Gasteiger partial charge in [0.1, 0.15) is 5.60 Å². The number of carbonyl (C=O) groups excluding carboxylic acids is 1. The number of carbonyl (C=O) groups is 1. The number of halogens is 1. The van der Waals surface area contributed by atoms with Gasteiger partial charge in [-0.15, -0.1) is 0 Å². The molecule has 1 amide bonds. The molecule has 1 saturated heterocycles. The number of ether oxygens (including phenoxy) is 1. The Morgan fingerprint density at radius 1 is 1.11 bits per heavy atom. The molecule has 148 valence electrons. The molecule has 2 aromatic carbocycles. The number of likely N-dealkylation sites (tertiary alicyclic amines) is 1. The number of nitrogens with zero attached hydrogens (tertiary/aromatic N) is 1. The van der Waals surface area contributed by atoms with E-state index in [9.17, 15) is 4.79 Å². The molecule has 4 rings (SSSR count). The van der Waals surface area contributed by atoms with E-state index in [1.54, 1.807) is 19.2 Å². The van der Waals surface area contributed by atoms with Gasteiger partial charge in [0.05, 0.1) is 5.54 Å². The van der Waals surface area contributed by atoms with E-state index in [0.29, 0.717) is 10.6 Å². The van der Waals surface area contributed by atoms with E-state index in [1.807, 2.05) is 24.3 Å². The number of benzene rings is 2. The molecule has 0 aromatic heterocycles. The van der Waals surface area contributed by atoms with Crippen molar-refractivity contribution in [3.8, 4) is 0 Å². The zero-order chi connectivity index (χ0) is 19.8. The average Bonchev–Trinajstić information content (AvgIpc) is 3.19. The molecule has 0 spiro atoms. The summed E-state index contributed by atoms with van der Waals surface area (Å²) in [6, 6.07) is 15.5. The van der Waals surface area contributed by atoms with E-state index < -0.39 is 11.5 Å². The lowest BCUT2D eigenvalue weighted by Crippen LogP contribution is -2.67. The fourth-order valence-corrected chi connectivity index (χ4v) is 5.51. The molecule has 1 aliphatic heterocycles. The maximum atomic E-state index is 12.4. The van der Waals surface area contributed by atoms with Crippen molar-refractivity contribution >= 4 is 17.5 Å². The van der Waals surface area contributed by atoms with Crippen molar-refractivity contribution in [2.24, 2.45) is 5.73 Å². The summed E-state index contributed by atoms with van der Waals surface area (Å²) >= 11 is 6.42. The van der Waals surface area contributed by atoms with Crippen LogP contribution in [0.15, 0.2) is 48.5 Å². The minimum Gasteiger partial charge on any atom is -0.367 e. The topological polar surface area (TPSA) is 55.6 Å². The summed E-state index contributed by atoms with van der Waals surface area (Å²) in [5.41, 5.74) is 7.05. The molecule has 1 unspecified atom stereocenters. The third-order valence-electron chi connectivity index (χ3n) is 6.66. The number of amides is 1. The summed E-state index contributed by atoms with van der Waals surface area (Å²) in [5.74, 6) is -0.458. The normalized spacial score (nSPS) is 21.1. The molecule has 1 atom stereocenters. The average molecular weight is 399 g/mol. The molecular formula is C23H27ClN2O2. The first-order chi connectivity index (χ1) is 13.5. The van der Waals surface area contributed by atoms with Crippen LogP contribution in [-0.4, -0.2) is 36.5 Å². The minimum absolute atomic E-state index is 0.214. The molecule has 0 radical (unpaired) electrons. The Morgan fingerprint density at radius 3 is 2.32 bits per heavy atom. The summed E-state index contributed by atoms with van der Waals surface area (Å²) in [4.78, 5) is 15.0. The van der Waals surface area contributed by atoms with Gasteiger partial charge in [-0.1, -0.05) is 41.9 Å². The van der Waals surface area contributed by atoms with Crippen LogP contribution in [0.25, 0.3) is 0 Å². The van der Waals surface area contributed by atoms with Crippen LogP contribution >= 0.6 is 11.6 Å². The van der Waals surface area contributed by atoms with Gasteiger partial charge < -0.3 is 10.5 Å². The number of rotatable bonds is 6. The lowest BCUT2D eigenvalue weighted by Gasteiger charge is -2.60. The van der Waals surface area contributed by atoms with Gasteiger partial charge in [0.15, 0.2) is 0 Å². The number of methoxy groups -OCH3 is 1. The molecule has 28 heavy (non-hydrogen) atoms. The lowest BCUT2D eigenvalue weighted by molar-refractivity contribution is -0.148. The molecule has 1 aliphatic carbocycles. The number of primary amides is 1. The second kappa shape index (κ2) is 7.51. The quantitative estimate of drug-likeness (QED) is 0.787. The Bertz CT molecular complexity index is 860. The largest absolute Gasteiger partial charge is 0.367 e. The highest BCUT2D eigenvalue weighted by Gasteiger charge is 2.61. The Hall–Kier alpha value is -1.88. The summed E-state index contributed by atoms with van der Waals surface area (Å²) in [5, 5.41) is 0.577. The smallest absolute Gasteiger partial charge is 0.249 e. The van der Waals surface area contributed by atoms with Crippen LogP contribution in [0.2, 0.25) is 5.02 Å². The second-order valence-electron chi connectivity index (χ2n) is 7.88. The van der Waals surface area contributed by atoms with Gasteiger partial charge in [-0.2, -0.15) is 0 Å². The number of hydrogen-bond acceptors (Lipinski definition) is 3. The van der Waals surface area contributed by atoms with Gasteiger partial charge in [0.25, 0.3) is 0 Å². The predicted molar refractivity (Wildman–Crippen MR) is 112 cm³/mol. The third kappa shape index (κ3) is 2.78. The first-order valence-corrected chi connectivity index (χ1v) is 10.4. The molecule has 1 saturated carbocycles. The van der Waals surface area contributed by atoms with Crippen LogP contribution in [0, 0.1) is 0 Å². The fraction of sp³-hybridized carbons (Fsp3) is 0.435. The predicted octanol–water partition coefficient (Wildman–Crippen LogP) is 4.35. The Morgan fingerprint density at radius 2 is 1.79 bits per heavy atom. The standard InChI is InChI=1S/C23H27ClN2O2/c1-28-23(17-8-3-2-4-9-17,20-16-18(24)10-11-19(20)21(25)27)22(12-7-13-22)26-14-5-6-15-26/h2-4,8-11,16H,5-7,12-15H2,1H3,(H2,25,27). The van der Waals surface area contributed by atoms with Gasteiger partial charge in [0.2, 0.25) is 5.91 Å². The summed E-state index contributed by atoms with van der Waals surface area (Å²) in [6.45, 7) is 2.09. The van der Waals surface area contributed by atoms with Crippen LogP contribution in [0.1, 0.15) is 53.6 Å². The van der Waals surface area contributed by atoms with Crippen LogP contribution in [0.5, 0.6) is 0 Å². The second-order valence-corrected chi connectivity index (χ2v) is 8.32. The number of hydrogen-bond donors (Lipinski definition) is 1. The van der Waals surface area contributed by atoms with Gasteiger partial charge in [-0.05, 0) is 69.0 Å². The first kappa shape index (κ1) is 19.4.